The van der Waals surface area contributed by atoms with Crippen LogP contribution in [0.5, 0.6) is 0 Å². The molecule has 0 unspecified atom stereocenters. The number of hydrogen-bond acceptors (Lipinski definition) is 3. The van der Waals surface area contributed by atoms with Gasteiger partial charge in [-0.1, -0.05) is 55.8 Å². The third-order valence-electron chi connectivity index (χ3n) is 5.15. The lowest BCUT2D eigenvalue weighted by Gasteiger charge is -2.11. The van der Waals surface area contributed by atoms with Gasteiger partial charge in [-0.05, 0) is 35.2 Å². The Morgan fingerprint density at radius 2 is 1.86 bits per heavy atom. The van der Waals surface area contributed by atoms with Gasteiger partial charge in [-0.3, -0.25) is 4.98 Å². The lowest BCUT2D eigenvalue weighted by atomic mass is 9.99. The summed E-state index contributed by atoms with van der Waals surface area (Å²) >= 11 is 0. The lowest BCUT2D eigenvalue weighted by molar-refractivity contribution is 0.0697. The molecule has 2 aromatic heterocycles. The van der Waals surface area contributed by atoms with Crippen molar-refractivity contribution in [2.75, 3.05) is 0 Å². The van der Waals surface area contributed by atoms with E-state index in [1.165, 1.54) is 0 Å². The molecule has 146 valence electrons. The number of imidazole rings is 1. The molecule has 0 radical (unpaired) electrons. The van der Waals surface area contributed by atoms with Crippen LogP contribution in [0.3, 0.4) is 0 Å². The van der Waals surface area contributed by atoms with Crippen molar-refractivity contribution in [3.05, 3.63) is 83.9 Å². The van der Waals surface area contributed by atoms with E-state index in [1.807, 2.05) is 36.5 Å². The van der Waals surface area contributed by atoms with E-state index in [0.29, 0.717) is 5.56 Å². The van der Waals surface area contributed by atoms with Gasteiger partial charge < -0.3 is 9.67 Å². The molecule has 1 N–H and O–H groups in total. The van der Waals surface area contributed by atoms with E-state index in [1.54, 1.807) is 18.3 Å². The second-order valence-corrected chi connectivity index (χ2v) is 7.13. The normalized spacial score (nSPS) is 11.1. The molecular formula is C24H23N3O2. The number of rotatable bonds is 7. The summed E-state index contributed by atoms with van der Waals surface area (Å²) in [7, 11) is 0. The molecule has 0 fully saturated rings. The SMILES string of the molecule is CCCCc1nc2cnccc2n1Cc1ccc(-c2ccccc2C(=O)O)cc1. The molecule has 0 aliphatic heterocycles. The van der Waals surface area contributed by atoms with Gasteiger partial charge in [0.2, 0.25) is 0 Å². The maximum absolute atomic E-state index is 11.5. The standard InChI is InChI=1S/C24H23N3O2/c1-2-3-8-23-26-21-15-25-14-13-22(21)27(23)16-17-9-11-18(12-10-17)19-6-4-5-7-20(19)24(28)29/h4-7,9-15H,2-3,8,16H2,1H3,(H,28,29). The molecule has 0 saturated carbocycles. The lowest BCUT2D eigenvalue weighted by Crippen LogP contribution is -2.05. The average molecular weight is 385 g/mol. The second-order valence-electron chi connectivity index (χ2n) is 7.13. The van der Waals surface area contributed by atoms with Gasteiger partial charge in [-0.2, -0.15) is 0 Å². The Labute approximate surface area is 169 Å². The molecule has 0 atom stereocenters. The summed E-state index contributed by atoms with van der Waals surface area (Å²) in [4.78, 5) is 20.5. The van der Waals surface area contributed by atoms with Crippen molar-refractivity contribution in [1.29, 1.82) is 0 Å². The van der Waals surface area contributed by atoms with E-state index in [2.05, 4.69) is 28.6 Å². The highest BCUT2D eigenvalue weighted by Crippen LogP contribution is 2.25. The minimum atomic E-state index is -0.913. The fourth-order valence-electron chi connectivity index (χ4n) is 3.63. The molecule has 0 bridgehead atoms. The fraction of sp³-hybridized carbons (Fsp3) is 0.208. The Kier molecular flexibility index (Phi) is 5.38. The van der Waals surface area contributed by atoms with Crippen molar-refractivity contribution < 1.29 is 9.90 Å². The molecule has 4 aromatic rings. The van der Waals surface area contributed by atoms with Gasteiger partial charge in [0.05, 0.1) is 17.3 Å². The highest BCUT2D eigenvalue weighted by atomic mass is 16.4. The zero-order chi connectivity index (χ0) is 20.2. The van der Waals surface area contributed by atoms with E-state index in [-0.39, 0.29) is 0 Å². The van der Waals surface area contributed by atoms with Crippen LogP contribution in [0, 0.1) is 0 Å². The summed E-state index contributed by atoms with van der Waals surface area (Å²) < 4.78 is 2.26. The van der Waals surface area contributed by atoms with Crippen molar-refractivity contribution in [1.82, 2.24) is 14.5 Å². The molecule has 0 spiro atoms. The van der Waals surface area contributed by atoms with Crippen LogP contribution in [-0.4, -0.2) is 25.6 Å². The molecule has 5 heteroatoms. The Hall–Kier alpha value is -3.47. The van der Waals surface area contributed by atoms with Gasteiger partial charge in [-0.15, -0.1) is 0 Å². The van der Waals surface area contributed by atoms with Gasteiger partial charge in [-0.25, -0.2) is 9.78 Å². The van der Waals surface area contributed by atoms with Crippen LogP contribution < -0.4 is 0 Å². The number of pyridine rings is 1. The summed E-state index contributed by atoms with van der Waals surface area (Å²) in [6, 6.07) is 17.2. The molecule has 0 aliphatic carbocycles. The smallest absolute Gasteiger partial charge is 0.336 e. The molecule has 5 nitrogen and oxygen atoms in total. The number of nitrogens with zero attached hydrogens (tertiary/aromatic N) is 3. The molecular weight excluding hydrogens is 362 g/mol. The number of unbranched alkanes of at least 4 members (excludes halogenated alkanes) is 1. The second kappa shape index (κ2) is 8.27. The van der Waals surface area contributed by atoms with Crippen LogP contribution in [0.15, 0.2) is 67.0 Å². The van der Waals surface area contributed by atoms with Crippen molar-refractivity contribution in [2.45, 2.75) is 32.7 Å². The largest absolute Gasteiger partial charge is 0.478 e. The molecule has 0 aliphatic rings. The van der Waals surface area contributed by atoms with Crippen LogP contribution in [0.1, 0.15) is 41.5 Å². The molecule has 2 aromatic carbocycles. The van der Waals surface area contributed by atoms with Gasteiger partial charge in [0.1, 0.15) is 11.3 Å². The fourth-order valence-corrected chi connectivity index (χ4v) is 3.63. The highest BCUT2D eigenvalue weighted by Gasteiger charge is 2.13. The van der Waals surface area contributed by atoms with Crippen molar-refractivity contribution in [3.8, 4) is 11.1 Å². The number of aryl methyl sites for hydroxylation is 1. The zero-order valence-electron chi connectivity index (χ0n) is 16.4. The van der Waals surface area contributed by atoms with Crippen LogP contribution in [-0.2, 0) is 13.0 Å². The number of aromatic carboxylic acids is 1. The van der Waals surface area contributed by atoms with Gasteiger partial charge in [0, 0.05) is 19.2 Å². The summed E-state index contributed by atoms with van der Waals surface area (Å²) in [6.07, 6.45) is 6.78. The third-order valence-corrected chi connectivity index (χ3v) is 5.15. The Balaban J connectivity index is 1.66. The van der Waals surface area contributed by atoms with E-state index in [9.17, 15) is 9.90 Å². The highest BCUT2D eigenvalue weighted by molar-refractivity contribution is 5.96. The first-order chi connectivity index (χ1) is 14.2. The number of carboxylic acids is 1. The van der Waals surface area contributed by atoms with Crippen molar-refractivity contribution in [3.63, 3.8) is 0 Å². The Bertz CT molecular complexity index is 1150. The van der Waals surface area contributed by atoms with Crippen molar-refractivity contribution in [2.24, 2.45) is 0 Å². The maximum Gasteiger partial charge on any atom is 0.336 e. The predicted octanol–water partition coefficient (Wildman–Crippen LogP) is 5.19. The first-order valence-corrected chi connectivity index (χ1v) is 9.88. The predicted molar refractivity (Wildman–Crippen MR) is 114 cm³/mol. The molecule has 29 heavy (non-hydrogen) atoms. The quantitative estimate of drug-likeness (QED) is 0.475. The Morgan fingerprint density at radius 3 is 2.62 bits per heavy atom. The van der Waals surface area contributed by atoms with Gasteiger partial charge >= 0.3 is 5.97 Å². The van der Waals surface area contributed by atoms with Crippen molar-refractivity contribution >= 4 is 17.0 Å². The van der Waals surface area contributed by atoms with Crippen LogP contribution in [0.4, 0.5) is 0 Å². The summed E-state index contributed by atoms with van der Waals surface area (Å²) in [5.74, 6) is 0.166. The third kappa shape index (κ3) is 3.90. The molecule has 4 rings (SSSR count). The van der Waals surface area contributed by atoms with Gasteiger partial charge in [0.25, 0.3) is 0 Å². The minimum absolute atomic E-state index is 0.315. The number of aromatic nitrogens is 3. The molecule has 0 amide bonds. The maximum atomic E-state index is 11.5. The minimum Gasteiger partial charge on any atom is -0.478 e. The topological polar surface area (TPSA) is 68.0 Å². The van der Waals surface area contributed by atoms with Gasteiger partial charge in [0.15, 0.2) is 0 Å². The number of hydrogen-bond donors (Lipinski definition) is 1. The summed E-state index contributed by atoms with van der Waals surface area (Å²) in [5.41, 5.74) is 5.11. The first-order valence-electron chi connectivity index (χ1n) is 9.88. The van der Waals surface area contributed by atoms with Crippen LogP contribution >= 0.6 is 0 Å². The summed E-state index contributed by atoms with van der Waals surface area (Å²) in [5, 5.41) is 9.44. The summed E-state index contributed by atoms with van der Waals surface area (Å²) in [6.45, 7) is 2.91. The van der Waals surface area contributed by atoms with Crippen LogP contribution in [0.25, 0.3) is 22.2 Å². The average Bonchev–Trinajstić information content (AvgIpc) is 3.10. The monoisotopic (exact) mass is 385 g/mol. The van der Waals surface area contributed by atoms with Crippen LogP contribution in [0.2, 0.25) is 0 Å². The zero-order valence-corrected chi connectivity index (χ0v) is 16.4. The molecule has 2 heterocycles. The van der Waals surface area contributed by atoms with E-state index >= 15 is 0 Å². The first kappa shape index (κ1) is 18.9. The molecule has 0 saturated heterocycles. The van der Waals surface area contributed by atoms with E-state index in [4.69, 9.17) is 4.98 Å². The number of benzene rings is 2. The van der Waals surface area contributed by atoms with E-state index < -0.39 is 5.97 Å². The number of carbonyl (C=O) groups is 1. The number of carboxylic acid groups (broad SMARTS) is 1. The van der Waals surface area contributed by atoms with E-state index in [0.717, 1.165) is 59.4 Å². The Morgan fingerprint density at radius 1 is 1.07 bits per heavy atom. The number of fused-ring (bicyclic) bond motifs is 1.